The maximum Gasteiger partial charge on any atom is 0.222 e. The van der Waals surface area contributed by atoms with Crippen LogP contribution in [0.2, 0.25) is 0 Å². The summed E-state index contributed by atoms with van der Waals surface area (Å²) in [5.41, 5.74) is 3.89. The van der Waals surface area contributed by atoms with E-state index in [1.54, 1.807) is 12.1 Å². The van der Waals surface area contributed by atoms with Gasteiger partial charge >= 0.3 is 0 Å². The minimum absolute atomic E-state index is 0.105. The number of benzene rings is 2. The van der Waals surface area contributed by atoms with Gasteiger partial charge in [-0.2, -0.15) is 0 Å². The van der Waals surface area contributed by atoms with E-state index in [1.807, 2.05) is 35.2 Å². The molecule has 5 rings (SSSR count). The Balaban J connectivity index is 1.30. The van der Waals surface area contributed by atoms with Crippen LogP contribution in [0.5, 0.6) is 0 Å². The predicted molar refractivity (Wildman–Crippen MR) is 117 cm³/mol. The van der Waals surface area contributed by atoms with Crippen LogP contribution >= 0.6 is 0 Å². The van der Waals surface area contributed by atoms with E-state index in [4.69, 9.17) is 9.47 Å². The lowest BCUT2D eigenvalue weighted by Gasteiger charge is -2.34. The minimum Gasteiger partial charge on any atom is -0.354 e. The van der Waals surface area contributed by atoms with Crippen molar-refractivity contribution >= 4 is 16.8 Å². The lowest BCUT2D eigenvalue weighted by molar-refractivity contribution is -0.136. The van der Waals surface area contributed by atoms with Crippen LogP contribution in [0.3, 0.4) is 0 Å². The SMILES string of the molecule is O=C(CCc1c(-c2ccccc2)[nH]c2ccc(F)cc12)N1CCC(C2OCCO2)CC1. The molecule has 2 fully saturated rings. The number of rotatable bonds is 5. The molecule has 6 heteroatoms. The lowest BCUT2D eigenvalue weighted by Crippen LogP contribution is -2.41. The van der Waals surface area contributed by atoms with E-state index in [0.29, 0.717) is 32.0 Å². The summed E-state index contributed by atoms with van der Waals surface area (Å²) in [6, 6.07) is 14.8. The number of aryl methyl sites for hydroxylation is 1. The van der Waals surface area contributed by atoms with E-state index >= 15 is 0 Å². The number of nitrogens with one attached hydrogen (secondary N) is 1. The minimum atomic E-state index is -0.267. The number of likely N-dealkylation sites (tertiary alicyclic amines) is 1. The third kappa shape index (κ3) is 4.23. The molecule has 0 bridgehead atoms. The van der Waals surface area contributed by atoms with Gasteiger partial charge < -0.3 is 19.4 Å². The quantitative estimate of drug-likeness (QED) is 0.658. The molecule has 0 saturated carbocycles. The van der Waals surface area contributed by atoms with Gasteiger partial charge in [0.2, 0.25) is 5.91 Å². The van der Waals surface area contributed by atoms with E-state index in [1.165, 1.54) is 6.07 Å². The summed E-state index contributed by atoms with van der Waals surface area (Å²) in [4.78, 5) is 18.3. The molecule has 1 N–H and O–H groups in total. The largest absolute Gasteiger partial charge is 0.354 e. The van der Waals surface area contributed by atoms with Crippen LogP contribution in [0.1, 0.15) is 24.8 Å². The number of H-pyrrole nitrogens is 1. The number of aromatic amines is 1. The molecular weight excluding hydrogens is 395 g/mol. The van der Waals surface area contributed by atoms with Gasteiger partial charge in [-0.05, 0) is 48.6 Å². The maximum atomic E-state index is 14.0. The number of carbonyl (C=O) groups excluding carboxylic acids is 1. The second-order valence-corrected chi connectivity index (χ2v) is 8.36. The molecule has 3 heterocycles. The molecule has 0 spiro atoms. The Morgan fingerprint density at radius 1 is 1.06 bits per heavy atom. The van der Waals surface area contributed by atoms with Gasteiger partial charge in [0, 0.05) is 42.0 Å². The average Bonchev–Trinajstić information content (AvgIpc) is 3.46. The zero-order chi connectivity index (χ0) is 21.2. The topological polar surface area (TPSA) is 54.6 Å². The van der Waals surface area contributed by atoms with E-state index in [0.717, 1.165) is 53.7 Å². The Labute approximate surface area is 181 Å². The first-order valence-corrected chi connectivity index (χ1v) is 11.1. The molecule has 0 unspecified atom stereocenters. The van der Waals surface area contributed by atoms with Crippen LogP contribution in [-0.4, -0.2) is 48.4 Å². The zero-order valence-corrected chi connectivity index (χ0v) is 17.5. The Hall–Kier alpha value is -2.70. The number of halogens is 1. The van der Waals surface area contributed by atoms with E-state index < -0.39 is 0 Å². The second-order valence-electron chi connectivity index (χ2n) is 8.36. The maximum absolute atomic E-state index is 14.0. The van der Waals surface area contributed by atoms with Gasteiger partial charge in [0.25, 0.3) is 0 Å². The number of amides is 1. The molecule has 0 radical (unpaired) electrons. The molecule has 5 nitrogen and oxygen atoms in total. The van der Waals surface area contributed by atoms with Gasteiger partial charge in [-0.3, -0.25) is 4.79 Å². The Bertz CT molecular complexity index is 1050. The van der Waals surface area contributed by atoms with E-state index in [-0.39, 0.29) is 18.0 Å². The monoisotopic (exact) mass is 422 g/mol. The summed E-state index contributed by atoms with van der Waals surface area (Å²) in [6.45, 7) is 2.80. The summed E-state index contributed by atoms with van der Waals surface area (Å²) in [7, 11) is 0. The molecule has 2 aliphatic rings. The zero-order valence-electron chi connectivity index (χ0n) is 17.5. The highest BCUT2D eigenvalue weighted by molar-refractivity contribution is 5.91. The number of carbonyl (C=O) groups is 1. The highest BCUT2D eigenvalue weighted by atomic mass is 19.1. The highest BCUT2D eigenvalue weighted by Crippen LogP contribution is 2.32. The number of nitrogens with zero attached hydrogens (tertiary/aromatic N) is 1. The molecule has 3 aromatic rings. The Morgan fingerprint density at radius 3 is 2.55 bits per heavy atom. The normalized spacial score (nSPS) is 18.2. The smallest absolute Gasteiger partial charge is 0.222 e. The first-order chi connectivity index (χ1) is 15.2. The first-order valence-electron chi connectivity index (χ1n) is 11.1. The van der Waals surface area contributed by atoms with Gasteiger partial charge in [0.05, 0.1) is 13.2 Å². The Kier molecular flexibility index (Phi) is 5.74. The van der Waals surface area contributed by atoms with Gasteiger partial charge in [0.1, 0.15) is 5.82 Å². The van der Waals surface area contributed by atoms with Crippen molar-refractivity contribution in [3.8, 4) is 11.3 Å². The van der Waals surface area contributed by atoms with Crippen LogP contribution < -0.4 is 0 Å². The third-order valence-corrected chi connectivity index (χ3v) is 6.44. The molecule has 162 valence electrons. The summed E-state index contributed by atoms with van der Waals surface area (Å²) < 4.78 is 25.2. The van der Waals surface area contributed by atoms with Gasteiger partial charge in [-0.1, -0.05) is 30.3 Å². The van der Waals surface area contributed by atoms with E-state index in [9.17, 15) is 9.18 Å². The standard InChI is InChI=1S/C25H27FN2O3/c26-19-6-8-22-21(16-19)20(24(27-22)17-4-2-1-3-5-17)7-9-23(29)28-12-10-18(11-13-28)25-30-14-15-31-25/h1-6,8,16,18,25,27H,7,9-15H2. The predicted octanol–water partition coefficient (Wildman–Crippen LogP) is 4.52. The van der Waals surface area contributed by atoms with Crippen molar-refractivity contribution < 1.29 is 18.7 Å². The fraction of sp³-hybridized carbons (Fsp3) is 0.400. The van der Waals surface area contributed by atoms with Crippen molar-refractivity contribution in [2.45, 2.75) is 32.0 Å². The molecule has 2 aliphatic heterocycles. The molecule has 2 saturated heterocycles. The molecule has 0 atom stereocenters. The molecule has 31 heavy (non-hydrogen) atoms. The van der Waals surface area contributed by atoms with Crippen LogP contribution in [0.25, 0.3) is 22.2 Å². The van der Waals surface area contributed by atoms with Crippen LogP contribution in [0.15, 0.2) is 48.5 Å². The van der Waals surface area contributed by atoms with Crippen molar-refractivity contribution in [3.63, 3.8) is 0 Å². The van der Waals surface area contributed by atoms with Gasteiger partial charge in [-0.15, -0.1) is 0 Å². The number of aromatic nitrogens is 1. The summed E-state index contributed by atoms with van der Waals surface area (Å²) in [6.07, 6.45) is 2.69. The van der Waals surface area contributed by atoms with E-state index in [2.05, 4.69) is 4.98 Å². The second kappa shape index (κ2) is 8.81. The summed E-state index contributed by atoms with van der Waals surface area (Å²) >= 11 is 0. The van der Waals surface area contributed by atoms with Crippen LogP contribution in [0, 0.1) is 11.7 Å². The first kappa shape index (κ1) is 20.2. The van der Waals surface area contributed by atoms with Crippen molar-refractivity contribution in [1.82, 2.24) is 9.88 Å². The number of hydrogen-bond donors (Lipinski definition) is 1. The fourth-order valence-electron chi connectivity index (χ4n) is 4.79. The van der Waals surface area contributed by atoms with Crippen molar-refractivity contribution in [1.29, 1.82) is 0 Å². The van der Waals surface area contributed by atoms with Crippen molar-refractivity contribution in [2.24, 2.45) is 5.92 Å². The number of ether oxygens (including phenoxy) is 2. The van der Waals surface area contributed by atoms with Gasteiger partial charge in [-0.25, -0.2) is 4.39 Å². The molecule has 2 aromatic carbocycles. The highest BCUT2D eigenvalue weighted by Gasteiger charge is 2.31. The molecular formula is C25H27FN2O3. The summed E-state index contributed by atoms with van der Waals surface area (Å²) in [5.74, 6) is 0.251. The average molecular weight is 423 g/mol. The number of fused-ring (bicyclic) bond motifs is 1. The molecule has 1 amide bonds. The van der Waals surface area contributed by atoms with Crippen molar-refractivity contribution in [2.75, 3.05) is 26.3 Å². The summed E-state index contributed by atoms with van der Waals surface area (Å²) in [5, 5.41) is 0.848. The number of piperidine rings is 1. The van der Waals surface area contributed by atoms with Crippen LogP contribution in [0.4, 0.5) is 4.39 Å². The van der Waals surface area contributed by atoms with Gasteiger partial charge in [0.15, 0.2) is 6.29 Å². The fourth-order valence-corrected chi connectivity index (χ4v) is 4.79. The molecule has 0 aliphatic carbocycles. The van der Waals surface area contributed by atoms with Crippen molar-refractivity contribution in [3.05, 3.63) is 59.9 Å². The van der Waals surface area contributed by atoms with Crippen LogP contribution in [-0.2, 0) is 20.7 Å². The Morgan fingerprint density at radius 2 is 1.81 bits per heavy atom. The molecule has 1 aromatic heterocycles. The number of hydrogen-bond acceptors (Lipinski definition) is 3. The lowest BCUT2D eigenvalue weighted by atomic mass is 9.95. The third-order valence-electron chi connectivity index (χ3n) is 6.44.